The fourth-order valence-corrected chi connectivity index (χ4v) is 3.92. The lowest BCUT2D eigenvalue weighted by atomic mass is 9.96. The van der Waals surface area contributed by atoms with Crippen molar-refractivity contribution in [2.75, 3.05) is 6.61 Å². The summed E-state index contributed by atoms with van der Waals surface area (Å²) in [5, 5.41) is 90.6. The number of aliphatic hydroxyl groups is 9. The Balaban J connectivity index is 1.81. The van der Waals surface area contributed by atoms with Crippen molar-refractivity contribution in [2.24, 2.45) is 0 Å². The summed E-state index contributed by atoms with van der Waals surface area (Å²) in [5.74, 6) is 0. The lowest BCUT2D eigenvalue weighted by Crippen LogP contribution is -2.66. The molecule has 14 nitrogen and oxygen atoms in total. The van der Waals surface area contributed by atoms with Crippen LogP contribution in [-0.4, -0.2) is 145 Å². The van der Waals surface area contributed by atoms with Crippen LogP contribution in [0.15, 0.2) is 0 Å². The smallest absolute Gasteiger partial charge is 0.187 e. The Bertz CT molecular complexity index is 610. The number of rotatable bonds is 5. The predicted molar refractivity (Wildman–Crippen MR) is 98.4 cm³/mol. The highest BCUT2D eigenvalue weighted by molar-refractivity contribution is 4.95. The van der Waals surface area contributed by atoms with Gasteiger partial charge < -0.3 is 69.6 Å². The Labute approximate surface area is 183 Å². The van der Waals surface area contributed by atoms with E-state index in [0.29, 0.717) is 0 Å². The number of aliphatic hydroxyl groups excluding tert-OH is 9. The van der Waals surface area contributed by atoms with Crippen molar-refractivity contribution in [3.63, 3.8) is 0 Å². The Kier molecular flexibility index (Phi) is 8.44. The van der Waals surface area contributed by atoms with E-state index in [1.807, 2.05) is 0 Å². The number of hydrogen-bond acceptors (Lipinski definition) is 14. The van der Waals surface area contributed by atoms with Gasteiger partial charge in [-0.2, -0.15) is 0 Å². The molecule has 14 heteroatoms. The van der Waals surface area contributed by atoms with Gasteiger partial charge in [0.25, 0.3) is 0 Å². The first-order valence-electron chi connectivity index (χ1n) is 10.3. The minimum atomic E-state index is -1.83. The lowest BCUT2D eigenvalue weighted by Gasteiger charge is -2.48. The molecule has 0 amide bonds. The van der Waals surface area contributed by atoms with E-state index in [2.05, 4.69) is 0 Å². The molecule has 0 aliphatic carbocycles. The summed E-state index contributed by atoms with van der Waals surface area (Å²) >= 11 is 0. The third-order valence-corrected chi connectivity index (χ3v) is 6.02. The molecule has 32 heavy (non-hydrogen) atoms. The predicted octanol–water partition coefficient (Wildman–Crippen LogP) is -5.52. The van der Waals surface area contributed by atoms with Crippen LogP contribution in [0.1, 0.15) is 13.8 Å². The van der Waals surface area contributed by atoms with Crippen LogP contribution < -0.4 is 0 Å². The molecule has 9 N–H and O–H groups in total. The normalized spacial score (nSPS) is 55.0. The van der Waals surface area contributed by atoms with Crippen molar-refractivity contribution in [1.29, 1.82) is 0 Å². The first-order valence-corrected chi connectivity index (χ1v) is 10.3. The molecule has 3 rings (SSSR count). The molecule has 3 aliphatic heterocycles. The molecule has 0 saturated carbocycles. The molecule has 15 atom stereocenters. The lowest BCUT2D eigenvalue weighted by molar-refractivity contribution is -0.385. The van der Waals surface area contributed by atoms with Crippen LogP contribution >= 0.6 is 0 Å². The molecule has 0 spiro atoms. The maximum Gasteiger partial charge on any atom is 0.187 e. The summed E-state index contributed by atoms with van der Waals surface area (Å²) < 4.78 is 27.0. The van der Waals surface area contributed by atoms with Gasteiger partial charge >= 0.3 is 0 Å². The van der Waals surface area contributed by atoms with Crippen molar-refractivity contribution >= 4 is 0 Å². The molecule has 3 aliphatic rings. The quantitative estimate of drug-likeness (QED) is 0.182. The zero-order chi connectivity index (χ0) is 23.9. The summed E-state index contributed by atoms with van der Waals surface area (Å²) in [6, 6.07) is 0. The highest BCUT2D eigenvalue weighted by Crippen LogP contribution is 2.32. The average molecular weight is 472 g/mol. The SMILES string of the molecule is C[C@@H]1O[C@@H](O[C@H]2[C@H](O)[C@@H](CO)OC(O)[C@@H]2O[C@@H]2O[C@@H](C)[C@@H](O)[C@@H](O)[C@@H]2O)[C@@H](O)[C@H](O)[C@@H]1O. The monoisotopic (exact) mass is 472 g/mol. The van der Waals surface area contributed by atoms with Gasteiger partial charge in [-0.3, -0.25) is 0 Å². The average Bonchev–Trinajstić information content (AvgIpc) is 2.76. The second-order valence-electron chi connectivity index (χ2n) is 8.30. The van der Waals surface area contributed by atoms with E-state index >= 15 is 0 Å². The van der Waals surface area contributed by atoms with Gasteiger partial charge in [-0.15, -0.1) is 0 Å². The van der Waals surface area contributed by atoms with E-state index in [-0.39, 0.29) is 0 Å². The van der Waals surface area contributed by atoms with Crippen molar-refractivity contribution in [3.05, 3.63) is 0 Å². The second kappa shape index (κ2) is 10.4. The minimum Gasteiger partial charge on any atom is -0.394 e. The van der Waals surface area contributed by atoms with Gasteiger partial charge in [-0.1, -0.05) is 0 Å². The van der Waals surface area contributed by atoms with Crippen LogP contribution in [0.3, 0.4) is 0 Å². The van der Waals surface area contributed by atoms with Crippen LogP contribution in [0, 0.1) is 0 Å². The van der Waals surface area contributed by atoms with Gasteiger partial charge in [0.1, 0.15) is 61.0 Å². The molecular weight excluding hydrogens is 440 g/mol. The van der Waals surface area contributed by atoms with Crippen molar-refractivity contribution < 1.29 is 69.6 Å². The molecule has 3 heterocycles. The highest BCUT2D eigenvalue weighted by Gasteiger charge is 2.53. The molecule has 0 radical (unpaired) electrons. The summed E-state index contributed by atoms with van der Waals surface area (Å²) in [4.78, 5) is 0. The summed E-state index contributed by atoms with van der Waals surface area (Å²) in [6.07, 6.45) is -22.6. The standard InChI is InChI=1S/C18H32O14/c1-4-7(20)10(23)12(25)17(28-4)31-14-9(22)6(3-19)30-16(27)15(14)32-18-13(26)11(24)8(21)5(2)29-18/h4-27H,3H2,1-2H3/t4-,5-,6+,7+,8+,9+,10+,11+,12-,13-,14-,15+,16?,17-,18-/m0/s1. The third kappa shape index (κ3) is 4.94. The van der Waals surface area contributed by atoms with Crippen LogP contribution in [0.2, 0.25) is 0 Å². The molecule has 1 unspecified atom stereocenters. The Morgan fingerprint density at radius 1 is 0.562 bits per heavy atom. The van der Waals surface area contributed by atoms with E-state index in [0.717, 1.165) is 0 Å². The Hall–Kier alpha value is -0.560. The first kappa shape index (κ1) is 26.1. The molecule has 0 aromatic rings. The fourth-order valence-electron chi connectivity index (χ4n) is 3.92. The van der Waals surface area contributed by atoms with Crippen molar-refractivity contribution in [1.82, 2.24) is 0 Å². The largest absolute Gasteiger partial charge is 0.394 e. The topological polar surface area (TPSA) is 228 Å². The maximum absolute atomic E-state index is 10.6. The molecule has 3 saturated heterocycles. The van der Waals surface area contributed by atoms with Gasteiger partial charge in [0.05, 0.1) is 18.8 Å². The van der Waals surface area contributed by atoms with Crippen molar-refractivity contribution in [2.45, 2.75) is 106 Å². The van der Waals surface area contributed by atoms with Gasteiger partial charge in [0.2, 0.25) is 0 Å². The van der Waals surface area contributed by atoms with E-state index in [1.165, 1.54) is 13.8 Å². The maximum atomic E-state index is 10.6. The highest BCUT2D eigenvalue weighted by atomic mass is 16.8. The molecule has 188 valence electrons. The Morgan fingerprint density at radius 2 is 1.00 bits per heavy atom. The minimum absolute atomic E-state index is 0.721. The van der Waals surface area contributed by atoms with E-state index in [9.17, 15) is 46.0 Å². The van der Waals surface area contributed by atoms with Gasteiger partial charge in [0, 0.05) is 0 Å². The number of ether oxygens (including phenoxy) is 5. The van der Waals surface area contributed by atoms with Crippen LogP contribution in [0.25, 0.3) is 0 Å². The van der Waals surface area contributed by atoms with Gasteiger partial charge in [0.15, 0.2) is 18.9 Å². The zero-order valence-electron chi connectivity index (χ0n) is 17.4. The molecule has 3 fully saturated rings. The fraction of sp³-hybridized carbons (Fsp3) is 1.00. The Morgan fingerprint density at radius 3 is 1.44 bits per heavy atom. The van der Waals surface area contributed by atoms with E-state index in [1.54, 1.807) is 0 Å². The summed E-state index contributed by atoms with van der Waals surface area (Å²) in [6.45, 7) is 2.10. The summed E-state index contributed by atoms with van der Waals surface area (Å²) in [7, 11) is 0. The first-order chi connectivity index (χ1) is 15.0. The molecule has 0 aromatic heterocycles. The van der Waals surface area contributed by atoms with E-state index < -0.39 is 98.7 Å². The van der Waals surface area contributed by atoms with Crippen LogP contribution in [0.4, 0.5) is 0 Å². The second-order valence-corrected chi connectivity index (χ2v) is 8.30. The summed E-state index contributed by atoms with van der Waals surface area (Å²) in [5.41, 5.74) is 0. The molecule has 0 bridgehead atoms. The van der Waals surface area contributed by atoms with Crippen molar-refractivity contribution in [3.8, 4) is 0 Å². The van der Waals surface area contributed by atoms with Crippen LogP contribution in [0.5, 0.6) is 0 Å². The molecular formula is C18H32O14. The van der Waals surface area contributed by atoms with Crippen LogP contribution in [-0.2, 0) is 23.7 Å². The van der Waals surface area contributed by atoms with Gasteiger partial charge in [-0.25, -0.2) is 0 Å². The zero-order valence-corrected chi connectivity index (χ0v) is 17.4. The number of hydrogen-bond donors (Lipinski definition) is 9. The van der Waals surface area contributed by atoms with Gasteiger partial charge in [-0.05, 0) is 13.8 Å². The molecule has 0 aromatic carbocycles. The van der Waals surface area contributed by atoms with E-state index in [4.69, 9.17) is 23.7 Å². The third-order valence-electron chi connectivity index (χ3n) is 6.02.